The van der Waals surface area contributed by atoms with Gasteiger partial charge in [0.05, 0.1) is 16.7 Å². The second kappa shape index (κ2) is 4.51. The predicted molar refractivity (Wildman–Crippen MR) is 73.6 cm³/mol. The van der Waals surface area contributed by atoms with Crippen molar-refractivity contribution in [2.24, 2.45) is 0 Å². The van der Waals surface area contributed by atoms with Crippen molar-refractivity contribution in [1.29, 1.82) is 0 Å². The van der Waals surface area contributed by atoms with Crippen LogP contribution in [-0.2, 0) is 6.54 Å². The first-order valence-corrected chi connectivity index (χ1v) is 6.39. The standard InChI is InChI=1S/C14H16N4O/c1-3-18-13(6-7-15-18)10-4-5-11-12(8-10)17-14(16-11)9(2)19/h4-9,19H,3H2,1-2H3,(H,16,17)/t9-/m0/s1. The van der Waals surface area contributed by atoms with E-state index in [1.807, 2.05) is 28.9 Å². The summed E-state index contributed by atoms with van der Waals surface area (Å²) in [6, 6.07) is 8.02. The van der Waals surface area contributed by atoms with Crippen LogP contribution in [0.1, 0.15) is 25.8 Å². The van der Waals surface area contributed by atoms with Gasteiger partial charge in [-0.1, -0.05) is 6.07 Å². The minimum Gasteiger partial charge on any atom is -0.385 e. The van der Waals surface area contributed by atoms with Crippen molar-refractivity contribution >= 4 is 11.0 Å². The van der Waals surface area contributed by atoms with Crippen LogP contribution in [0.15, 0.2) is 30.5 Å². The van der Waals surface area contributed by atoms with Gasteiger partial charge in [-0.15, -0.1) is 0 Å². The van der Waals surface area contributed by atoms with Crippen LogP contribution in [0, 0.1) is 0 Å². The van der Waals surface area contributed by atoms with E-state index in [-0.39, 0.29) is 0 Å². The highest BCUT2D eigenvalue weighted by Gasteiger charge is 2.10. The van der Waals surface area contributed by atoms with Crippen molar-refractivity contribution in [1.82, 2.24) is 19.7 Å². The van der Waals surface area contributed by atoms with E-state index in [9.17, 15) is 5.11 Å². The third kappa shape index (κ3) is 2.02. The van der Waals surface area contributed by atoms with E-state index < -0.39 is 6.10 Å². The van der Waals surface area contributed by atoms with Gasteiger partial charge in [-0.05, 0) is 32.0 Å². The zero-order chi connectivity index (χ0) is 13.4. The molecule has 0 fully saturated rings. The largest absolute Gasteiger partial charge is 0.385 e. The first kappa shape index (κ1) is 11.9. The summed E-state index contributed by atoms with van der Waals surface area (Å²) >= 11 is 0. The molecule has 2 N–H and O–H groups in total. The monoisotopic (exact) mass is 256 g/mol. The first-order valence-electron chi connectivity index (χ1n) is 6.39. The highest BCUT2D eigenvalue weighted by molar-refractivity contribution is 5.81. The van der Waals surface area contributed by atoms with E-state index >= 15 is 0 Å². The van der Waals surface area contributed by atoms with E-state index in [0.29, 0.717) is 5.82 Å². The lowest BCUT2D eigenvalue weighted by atomic mass is 10.1. The van der Waals surface area contributed by atoms with Crippen LogP contribution in [0.25, 0.3) is 22.3 Å². The molecule has 19 heavy (non-hydrogen) atoms. The zero-order valence-electron chi connectivity index (χ0n) is 11.0. The molecular formula is C14H16N4O. The number of nitrogens with zero attached hydrogens (tertiary/aromatic N) is 3. The Morgan fingerprint density at radius 3 is 2.95 bits per heavy atom. The van der Waals surface area contributed by atoms with Crippen LogP contribution in [0.3, 0.4) is 0 Å². The number of aliphatic hydroxyl groups is 1. The van der Waals surface area contributed by atoms with Gasteiger partial charge in [0.25, 0.3) is 0 Å². The maximum absolute atomic E-state index is 9.55. The summed E-state index contributed by atoms with van der Waals surface area (Å²) in [5.74, 6) is 0.594. The van der Waals surface area contributed by atoms with E-state index in [0.717, 1.165) is 28.8 Å². The van der Waals surface area contributed by atoms with E-state index in [1.165, 1.54) is 0 Å². The number of H-pyrrole nitrogens is 1. The molecule has 0 unspecified atom stereocenters. The first-order chi connectivity index (χ1) is 9.19. The van der Waals surface area contributed by atoms with Crippen molar-refractivity contribution in [2.75, 3.05) is 0 Å². The molecule has 0 radical (unpaired) electrons. The second-order valence-electron chi connectivity index (χ2n) is 4.56. The minimum atomic E-state index is -0.586. The number of aliphatic hydroxyl groups excluding tert-OH is 1. The maximum Gasteiger partial charge on any atom is 0.135 e. The highest BCUT2D eigenvalue weighted by Crippen LogP contribution is 2.24. The van der Waals surface area contributed by atoms with Crippen LogP contribution >= 0.6 is 0 Å². The number of rotatable bonds is 3. The summed E-state index contributed by atoms with van der Waals surface area (Å²) < 4.78 is 1.95. The molecule has 5 heteroatoms. The molecule has 0 aliphatic carbocycles. The number of hydrogen-bond donors (Lipinski definition) is 2. The molecule has 0 aliphatic rings. The topological polar surface area (TPSA) is 66.7 Å². The molecule has 2 aromatic heterocycles. The summed E-state index contributed by atoms with van der Waals surface area (Å²) in [5, 5.41) is 13.8. The van der Waals surface area contributed by atoms with Gasteiger partial charge in [-0.3, -0.25) is 4.68 Å². The zero-order valence-corrected chi connectivity index (χ0v) is 11.0. The normalized spacial score (nSPS) is 13.0. The number of imidazole rings is 1. The lowest BCUT2D eigenvalue weighted by Crippen LogP contribution is -1.98. The predicted octanol–water partition coefficient (Wildman–Crippen LogP) is 2.50. The Morgan fingerprint density at radius 2 is 2.21 bits per heavy atom. The van der Waals surface area contributed by atoms with Crippen LogP contribution in [0.2, 0.25) is 0 Å². The number of aryl methyl sites for hydroxylation is 1. The number of nitrogens with one attached hydrogen (secondary N) is 1. The summed E-state index contributed by atoms with van der Waals surface area (Å²) in [5.41, 5.74) is 3.96. The molecule has 0 bridgehead atoms. The van der Waals surface area contributed by atoms with Gasteiger partial charge in [0.2, 0.25) is 0 Å². The fraction of sp³-hybridized carbons (Fsp3) is 0.286. The SMILES string of the molecule is CCn1nccc1-c1ccc2nc([C@H](C)O)[nH]c2c1. The number of hydrogen-bond acceptors (Lipinski definition) is 3. The molecule has 3 rings (SSSR count). The van der Waals surface area contributed by atoms with E-state index in [1.54, 1.807) is 13.1 Å². The summed E-state index contributed by atoms with van der Waals surface area (Å²) in [4.78, 5) is 7.49. The molecule has 1 atom stereocenters. The third-order valence-electron chi connectivity index (χ3n) is 3.21. The number of aromatic amines is 1. The molecular weight excluding hydrogens is 240 g/mol. The second-order valence-corrected chi connectivity index (χ2v) is 4.56. The fourth-order valence-corrected chi connectivity index (χ4v) is 2.22. The summed E-state index contributed by atoms with van der Waals surface area (Å²) in [7, 11) is 0. The minimum absolute atomic E-state index is 0.586. The van der Waals surface area contributed by atoms with Gasteiger partial charge < -0.3 is 10.1 Å². The molecule has 0 aliphatic heterocycles. The van der Waals surface area contributed by atoms with Crippen molar-refractivity contribution in [2.45, 2.75) is 26.5 Å². The average molecular weight is 256 g/mol. The smallest absolute Gasteiger partial charge is 0.135 e. The Morgan fingerprint density at radius 1 is 1.37 bits per heavy atom. The Hall–Kier alpha value is -2.14. The number of aromatic nitrogens is 4. The third-order valence-corrected chi connectivity index (χ3v) is 3.21. The Balaban J connectivity index is 2.11. The Bertz CT molecular complexity index is 711. The van der Waals surface area contributed by atoms with Crippen molar-refractivity contribution in [3.8, 4) is 11.3 Å². The summed E-state index contributed by atoms with van der Waals surface area (Å²) in [6.45, 7) is 4.60. The van der Waals surface area contributed by atoms with E-state index in [2.05, 4.69) is 22.0 Å². The van der Waals surface area contributed by atoms with Gasteiger partial charge in [0.1, 0.15) is 11.9 Å². The van der Waals surface area contributed by atoms with Crippen molar-refractivity contribution < 1.29 is 5.11 Å². The van der Waals surface area contributed by atoms with Crippen LogP contribution in [0.5, 0.6) is 0 Å². The number of benzene rings is 1. The van der Waals surface area contributed by atoms with Crippen LogP contribution in [0.4, 0.5) is 0 Å². The van der Waals surface area contributed by atoms with Gasteiger partial charge in [0.15, 0.2) is 0 Å². The van der Waals surface area contributed by atoms with Gasteiger partial charge in [0, 0.05) is 18.3 Å². The summed E-state index contributed by atoms with van der Waals surface area (Å²) in [6.07, 6.45) is 1.22. The average Bonchev–Trinajstić information content (AvgIpc) is 3.03. The molecule has 1 aromatic carbocycles. The molecule has 98 valence electrons. The van der Waals surface area contributed by atoms with Gasteiger partial charge >= 0.3 is 0 Å². The van der Waals surface area contributed by atoms with E-state index in [4.69, 9.17) is 0 Å². The lowest BCUT2D eigenvalue weighted by Gasteiger charge is -2.04. The fourth-order valence-electron chi connectivity index (χ4n) is 2.22. The molecule has 0 saturated carbocycles. The van der Waals surface area contributed by atoms with Gasteiger partial charge in [-0.2, -0.15) is 5.10 Å². The maximum atomic E-state index is 9.55. The quantitative estimate of drug-likeness (QED) is 0.756. The highest BCUT2D eigenvalue weighted by atomic mass is 16.3. The van der Waals surface area contributed by atoms with Gasteiger partial charge in [-0.25, -0.2) is 4.98 Å². The lowest BCUT2D eigenvalue weighted by molar-refractivity contribution is 0.190. The van der Waals surface area contributed by atoms with Crippen molar-refractivity contribution in [3.05, 3.63) is 36.3 Å². The van der Waals surface area contributed by atoms with Crippen molar-refractivity contribution in [3.63, 3.8) is 0 Å². The molecule has 3 aromatic rings. The molecule has 0 spiro atoms. The molecule has 5 nitrogen and oxygen atoms in total. The van der Waals surface area contributed by atoms with Crippen LogP contribution < -0.4 is 0 Å². The van der Waals surface area contributed by atoms with Crippen LogP contribution in [-0.4, -0.2) is 24.9 Å². The molecule has 0 amide bonds. The molecule has 2 heterocycles. The number of fused-ring (bicyclic) bond motifs is 1. The Kier molecular flexibility index (Phi) is 2.83. The molecule has 0 saturated heterocycles. The Labute approximate surface area is 110 Å².